The molecule has 1 heterocycles. The molecule has 1 aromatic heterocycles. The third-order valence-electron chi connectivity index (χ3n) is 4.78. The van der Waals surface area contributed by atoms with Crippen LogP contribution in [-0.4, -0.2) is 12.6 Å². The van der Waals surface area contributed by atoms with Crippen LogP contribution >= 0.6 is 0 Å². The molecule has 0 saturated heterocycles. The van der Waals surface area contributed by atoms with Crippen molar-refractivity contribution in [2.45, 2.75) is 13.8 Å². The topological polar surface area (TPSA) is 75.0 Å². The van der Waals surface area contributed by atoms with E-state index in [1.165, 1.54) is 12.1 Å². The molecular weight excluding hydrogens is 420 g/mol. The average molecular weight is 442 g/mol. The maximum atomic E-state index is 13.1. The van der Waals surface area contributed by atoms with Crippen LogP contribution in [0.3, 0.4) is 0 Å². The normalized spacial score (nSPS) is 11.0. The Labute approximate surface area is 190 Å². The number of hydrogen-bond donors (Lipinski definition) is 0. The Kier molecular flexibility index (Phi) is 6.55. The Hall–Kier alpha value is -4.32. The van der Waals surface area contributed by atoms with Crippen LogP contribution in [-0.2, 0) is 4.79 Å². The van der Waals surface area contributed by atoms with Crippen LogP contribution < -0.4 is 19.6 Å². The van der Waals surface area contributed by atoms with Crippen LogP contribution in [0.1, 0.15) is 18.2 Å². The van der Waals surface area contributed by atoms with E-state index < -0.39 is 5.97 Å². The number of carbonyl (C=O) groups is 1. The van der Waals surface area contributed by atoms with Gasteiger partial charge in [-0.2, -0.15) is 0 Å². The first-order valence-corrected chi connectivity index (χ1v) is 10.5. The molecule has 6 heteroatoms. The van der Waals surface area contributed by atoms with E-state index in [1.54, 1.807) is 43.3 Å². The van der Waals surface area contributed by atoms with Crippen molar-refractivity contribution < 1.29 is 23.4 Å². The fourth-order valence-electron chi connectivity index (χ4n) is 3.25. The van der Waals surface area contributed by atoms with Crippen molar-refractivity contribution in [3.63, 3.8) is 0 Å². The molecule has 0 fully saturated rings. The Morgan fingerprint density at radius 3 is 2.45 bits per heavy atom. The van der Waals surface area contributed by atoms with Crippen molar-refractivity contribution in [1.29, 1.82) is 0 Å². The number of aryl methyl sites for hydroxylation is 1. The molecule has 4 rings (SSSR count). The molecule has 0 aliphatic carbocycles. The van der Waals surface area contributed by atoms with Crippen molar-refractivity contribution in [1.82, 2.24) is 0 Å². The maximum Gasteiger partial charge on any atom is 0.336 e. The zero-order valence-electron chi connectivity index (χ0n) is 18.2. The predicted octanol–water partition coefficient (Wildman–Crippen LogP) is 5.91. The SMILES string of the molecule is CCOc1ccccc1Oc1c(C)oc2cc(OC(=O)C=Cc3ccccc3)ccc2c1=O. The lowest BCUT2D eigenvalue weighted by Crippen LogP contribution is -2.09. The molecule has 0 radical (unpaired) electrons. The van der Waals surface area contributed by atoms with Crippen LogP contribution in [0.15, 0.2) is 88.1 Å². The van der Waals surface area contributed by atoms with Gasteiger partial charge in [-0.1, -0.05) is 42.5 Å². The van der Waals surface area contributed by atoms with Gasteiger partial charge in [0, 0.05) is 12.1 Å². The first-order valence-electron chi connectivity index (χ1n) is 10.5. The quantitative estimate of drug-likeness (QED) is 0.201. The highest BCUT2D eigenvalue weighted by molar-refractivity contribution is 5.89. The first kappa shape index (κ1) is 21.9. The Morgan fingerprint density at radius 2 is 1.70 bits per heavy atom. The van der Waals surface area contributed by atoms with E-state index in [-0.39, 0.29) is 16.9 Å². The molecule has 0 spiro atoms. The fraction of sp³-hybridized carbons (Fsp3) is 0.111. The van der Waals surface area contributed by atoms with Gasteiger partial charge in [-0.15, -0.1) is 0 Å². The maximum absolute atomic E-state index is 13.1. The lowest BCUT2D eigenvalue weighted by molar-refractivity contribution is -0.128. The highest BCUT2D eigenvalue weighted by atomic mass is 16.5. The molecule has 0 atom stereocenters. The number of ether oxygens (including phenoxy) is 3. The molecule has 0 aliphatic heterocycles. The van der Waals surface area contributed by atoms with Crippen molar-refractivity contribution in [3.05, 3.63) is 100 Å². The van der Waals surface area contributed by atoms with E-state index in [0.717, 1.165) is 5.56 Å². The minimum Gasteiger partial charge on any atom is -0.490 e. The summed E-state index contributed by atoms with van der Waals surface area (Å²) in [6.45, 7) is 3.97. The van der Waals surface area contributed by atoms with E-state index in [4.69, 9.17) is 18.6 Å². The molecule has 0 unspecified atom stereocenters. The lowest BCUT2D eigenvalue weighted by atomic mass is 10.2. The average Bonchev–Trinajstić information content (AvgIpc) is 2.82. The summed E-state index contributed by atoms with van der Waals surface area (Å²) in [5.74, 6) is 1.05. The van der Waals surface area contributed by atoms with E-state index in [9.17, 15) is 9.59 Å². The highest BCUT2D eigenvalue weighted by Gasteiger charge is 2.16. The van der Waals surface area contributed by atoms with Crippen molar-refractivity contribution in [3.8, 4) is 23.0 Å². The second-order valence-corrected chi connectivity index (χ2v) is 7.12. The van der Waals surface area contributed by atoms with Gasteiger partial charge in [0.15, 0.2) is 11.5 Å². The third-order valence-corrected chi connectivity index (χ3v) is 4.78. The molecule has 0 bridgehead atoms. The van der Waals surface area contributed by atoms with Gasteiger partial charge in [0.1, 0.15) is 17.1 Å². The number of benzene rings is 3. The molecule has 33 heavy (non-hydrogen) atoms. The summed E-state index contributed by atoms with van der Waals surface area (Å²) in [6, 6.07) is 21.1. The Balaban J connectivity index is 1.58. The molecular formula is C27H22O6. The number of rotatable bonds is 7. The standard InChI is InChI=1S/C27H22O6/c1-3-30-22-11-7-8-12-23(22)33-27-18(2)31-24-17-20(14-15-21(24)26(27)29)32-25(28)16-13-19-9-5-4-6-10-19/h4-17H,3H2,1-2H3. The van der Waals surface area contributed by atoms with Crippen LogP contribution in [0.4, 0.5) is 0 Å². The molecule has 4 aromatic rings. The van der Waals surface area contributed by atoms with Crippen molar-refractivity contribution in [2.24, 2.45) is 0 Å². The summed E-state index contributed by atoms with van der Waals surface area (Å²) in [5.41, 5.74) is 0.843. The van der Waals surface area contributed by atoms with Gasteiger partial charge in [0.05, 0.1) is 12.0 Å². The van der Waals surface area contributed by atoms with Gasteiger partial charge in [0.2, 0.25) is 11.2 Å². The zero-order chi connectivity index (χ0) is 23.2. The number of esters is 1. The van der Waals surface area contributed by atoms with Crippen molar-refractivity contribution >= 4 is 23.0 Å². The summed E-state index contributed by atoms with van der Waals surface area (Å²) < 4.78 is 22.6. The summed E-state index contributed by atoms with van der Waals surface area (Å²) >= 11 is 0. The molecule has 0 aliphatic rings. The van der Waals surface area contributed by atoms with Gasteiger partial charge >= 0.3 is 5.97 Å². The van der Waals surface area contributed by atoms with Gasteiger partial charge in [0.25, 0.3) is 0 Å². The Morgan fingerprint density at radius 1 is 0.970 bits per heavy atom. The number of carbonyl (C=O) groups excluding carboxylic acids is 1. The lowest BCUT2D eigenvalue weighted by Gasteiger charge is -2.12. The molecule has 0 N–H and O–H groups in total. The number of hydrogen-bond acceptors (Lipinski definition) is 6. The molecule has 166 valence electrons. The van der Waals surface area contributed by atoms with Crippen LogP contribution in [0, 0.1) is 6.92 Å². The summed E-state index contributed by atoms with van der Waals surface area (Å²) in [4.78, 5) is 25.2. The largest absolute Gasteiger partial charge is 0.490 e. The summed E-state index contributed by atoms with van der Waals surface area (Å²) in [5, 5.41) is 0.309. The molecule has 0 amide bonds. The molecule has 6 nitrogen and oxygen atoms in total. The molecule has 3 aromatic carbocycles. The van der Waals surface area contributed by atoms with Gasteiger partial charge < -0.3 is 18.6 Å². The number of fused-ring (bicyclic) bond motifs is 1. The minimum absolute atomic E-state index is 0.0743. The predicted molar refractivity (Wildman–Crippen MR) is 126 cm³/mol. The fourth-order valence-corrected chi connectivity index (χ4v) is 3.25. The second kappa shape index (κ2) is 9.87. The monoisotopic (exact) mass is 442 g/mol. The minimum atomic E-state index is -0.537. The number of para-hydroxylation sites is 2. The second-order valence-electron chi connectivity index (χ2n) is 7.12. The highest BCUT2D eigenvalue weighted by Crippen LogP contribution is 2.33. The smallest absolute Gasteiger partial charge is 0.336 e. The van der Waals surface area contributed by atoms with Crippen molar-refractivity contribution in [2.75, 3.05) is 6.61 Å². The van der Waals surface area contributed by atoms with E-state index in [2.05, 4.69) is 0 Å². The van der Waals surface area contributed by atoms with Gasteiger partial charge in [-0.25, -0.2) is 4.79 Å². The third kappa shape index (κ3) is 5.13. The first-order chi connectivity index (χ1) is 16.0. The van der Waals surface area contributed by atoms with E-state index in [1.807, 2.05) is 43.3 Å². The molecule has 0 saturated carbocycles. The summed E-state index contributed by atoms with van der Waals surface area (Å²) in [7, 11) is 0. The van der Waals surface area contributed by atoms with Gasteiger partial charge in [-0.05, 0) is 49.8 Å². The van der Waals surface area contributed by atoms with Crippen LogP contribution in [0.25, 0.3) is 17.0 Å². The van der Waals surface area contributed by atoms with Gasteiger partial charge in [-0.3, -0.25) is 4.79 Å². The summed E-state index contributed by atoms with van der Waals surface area (Å²) in [6.07, 6.45) is 3.01. The van der Waals surface area contributed by atoms with E-state index in [0.29, 0.717) is 34.8 Å². The van der Waals surface area contributed by atoms with E-state index >= 15 is 0 Å². The Bertz CT molecular complexity index is 1370. The van der Waals surface area contributed by atoms with Crippen LogP contribution in [0.5, 0.6) is 23.0 Å². The van der Waals surface area contributed by atoms with Crippen LogP contribution in [0.2, 0.25) is 0 Å². The zero-order valence-corrected chi connectivity index (χ0v) is 18.2.